The van der Waals surface area contributed by atoms with E-state index < -0.39 is 5.97 Å². The van der Waals surface area contributed by atoms with Crippen molar-refractivity contribution in [2.75, 3.05) is 0 Å². The molecule has 0 fully saturated rings. The second-order valence-corrected chi connectivity index (χ2v) is 3.47. The largest absolute Gasteiger partial charge is 0.478 e. The summed E-state index contributed by atoms with van der Waals surface area (Å²) < 4.78 is 0.611. The summed E-state index contributed by atoms with van der Waals surface area (Å²) in [6.07, 6.45) is 2.53. The predicted octanol–water partition coefficient (Wildman–Crippen LogP) is 2.88. The number of aromatic carboxylic acids is 1. The topological polar surface area (TPSA) is 37.3 Å². The Kier molecular flexibility index (Phi) is 3.25. The van der Waals surface area contributed by atoms with Crippen molar-refractivity contribution >= 4 is 21.9 Å². The first-order chi connectivity index (χ1) is 6.15. The summed E-state index contributed by atoms with van der Waals surface area (Å²) in [6, 6.07) is 5.17. The molecular formula is C10H9BrO2. The van der Waals surface area contributed by atoms with Gasteiger partial charge < -0.3 is 5.11 Å². The third-order valence-corrected chi connectivity index (χ3v) is 2.30. The lowest BCUT2D eigenvalue weighted by Crippen LogP contribution is -1.97. The second-order valence-electron chi connectivity index (χ2n) is 2.61. The average Bonchev–Trinajstić information content (AvgIpc) is 2.04. The van der Waals surface area contributed by atoms with Crippen LogP contribution in [0, 0.1) is 0 Å². The van der Waals surface area contributed by atoms with E-state index in [0.717, 1.165) is 12.0 Å². The SMILES string of the molecule is C=CCc1ccc(C(=O)O)c(Br)c1. The molecule has 2 nitrogen and oxygen atoms in total. The van der Waals surface area contributed by atoms with Crippen LogP contribution < -0.4 is 0 Å². The summed E-state index contributed by atoms with van der Waals surface area (Å²) in [5.41, 5.74) is 1.33. The van der Waals surface area contributed by atoms with E-state index in [9.17, 15) is 4.79 Å². The van der Waals surface area contributed by atoms with Crippen LogP contribution >= 0.6 is 15.9 Å². The van der Waals surface area contributed by atoms with Crippen molar-refractivity contribution in [2.45, 2.75) is 6.42 Å². The normalized spacial score (nSPS) is 9.62. The second kappa shape index (κ2) is 4.23. The molecular weight excluding hydrogens is 232 g/mol. The van der Waals surface area contributed by atoms with Crippen LogP contribution in [0.3, 0.4) is 0 Å². The standard InChI is InChI=1S/C10H9BrO2/c1-2-3-7-4-5-8(10(12)13)9(11)6-7/h2,4-6H,1,3H2,(H,12,13). The maximum absolute atomic E-state index is 10.6. The smallest absolute Gasteiger partial charge is 0.336 e. The Labute approximate surface area is 85.0 Å². The quantitative estimate of drug-likeness (QED) is 0.826. The first-order valence-corrected chi connectivity index (χ1v) is 4.57. The minimum Gasteiger partial charge on any atom is -0.478 e. The predicted molar refractivity (Wildman–Crippen MR) is 55.0 cm³/mol. The Morgan fingerprint density at radius 2 is 2.31 bits per heavy atom. The Bertz CT molecular complexity index is 345. The Morgan fingerprint density at radius 3 is 2.77 bits per heavy atom. The minimum absolute atomic E-state index is 0.285. The third-order valence-electron chi connectivity index (χ3n) is 1.64. The zero-order valence-electron chi connectivity index (χ0n) is 6.96. The number of halogens is 1. The fraction of sp³-hybridized carbons (Fsp3) is 0.100. The monoisotopic (exact) mass is 240 g/mol. The van der Waals surface area contributed by atoms with Gasteiger partial charge in [-0.25, -0.2) is 4.79 Å². The van der Waals surface area contributed by atoms with E-state index in [2.05, 4.69) is 22.5 Å². The fourth-order valence-corrected chi connectivity index (χ4v) is 1.62. The molecule has 0 saturated carbocycles. The summed E-state index contributed by atoms with van der Waals surface area (Å²) >= 11 is 3.20. The first kappa shape index (κ1) is 9.99. The van der Waals surface area contributed by atoms with Gasteiger partial charge in [0, 0.05) is 4.47 Å². The molecule has 1 rings (SSSR count). The summed E-state index contributed by atoms with van der Waals surface area (Å²) in [6.45, 7) is 3.61. The lowest BCUT2D eigenvalue weighted by molar-refractivity contribution is 0.0696. The molecule has 3 heteroatoms. The summed E-state index contributed by atoms with van der Waals surface area (Å²) in [7, 11) is 0. The molecule has 0 amide bonds. The fourth-order valence-electron chi connectivity index (χ4n) is 1.03. The number of hydrogen-bond acceptors (Lipinski definition) is 1. The molecule has 0 aliphatic carbocycles. The lowest BCUT2D eigenvalue weighted by Gasteiger charge is -2.01. The van der Waals surface area contributed by atoms with Crippen LogP contribution in [-0.4, -0.2) is 11.1 Å². The van der Waals surface area contributed by atoms with Crippen molar-refractivity contribution in [3.8, 4) is 0 Å². The van der Waals surface area contributed by atoms with Gasteiger partial charge in [-0.2, -0.15) is 0 Å². The van der Waals surface area contributed by atoms with E-state index in [1.807, 2.05) is 0 Å². The van der Waals surface area contributed by atoms with Crippen LogP contribution in [0.15, 0.2) is 35.3 Å². The molecule has 0 bridgehead atoms. The summed E-state index contributed by atoms with van der Waals surface area (Å²) in [5.74, 6) is -0.919. The van der Waals surface area contributed by atoms with Crippen molar-refractivity contribution in [1.82, 2.24) is 0 Å². The number of benzene rings is 1. The number of rotatable bonds is 3. The lowest BCUT2D eigenvalue weighted by atomic mass is 10.1. The molecule has 0 aliphatic rings. The Morgan fingerprint density at radius 1 is 1.62 bits per heavy atom. The van der Waals surface area contributed by atoms with Gasteiger partial charge in [-0.15, -0.1) is 6.58 Å². The van der Waals surface area contributed by atoms with Crippen molar-refractivity contribution in [2.24, 2.45) is 0 Å². The van der Waals surface area contributed by atoms with E-state index in [1.54, 1.807) is 24.3 Å². The van der Waals surface area contributed by atoms with E-state index in [0.29, 0.717) is 4.47 Å². The number of carbonyl (C=O) groups is 1. The molecule has 0 heterocycles. The average molecular weight is 241 g/mol. The molecule has 0 unspecified atom stereocenters. The van der Waals surface area contributed by atoms with Crippen LogP contribution in [0.1, 0.15) is 15.9 Å². The van der Waals surface area contributed by atoms with E-state index in [1.165, 1.54) is 0 Å². The van der Waals surface area contributed by atoms with Crippen LogP contribution in [0.5, 0.6) is 0 Å². The Balaban J connectivity index is 3.05. The number of carboxylic acids is 1. The maximum atomic E-state index is 10.6. The molecule has 0 aliphatic heterocycles. The highest BCUT2D eigenvalue weighted by Gasteiger charge is 2.07. The zero-order chi connectivity index (χ0) is 9.84. The van der Waals surface area contributed by atoms with Crippen LogP contribution in [0.25, 0.3) is 0 Å². The van der Waals surface area contributed by atoms with E-state index in [4.69, 9.17) is 5.11 Å². The molecule has 68 valence electrons. The summed E-state index contributed by atoms with van der Waals surface area (Å²) in [5, 5.41) is 8.74. The van der Waals surface area contributed by atoms with Crippen LogP contribution in [0.4, 0.5) is 0 Å². The van der Waals surface area contributed by atoms with Crippen molar-refractivity contribution in [3.05, 3.63) is 46.5 Å². The molecule has 0 atom stereocenters. The molecule has 0 spiro atoms. The minimum atomic E-state index is -0.919. The highest BCUT2D eigenvalue weighted by Crippen LogP contribution is 2.18. The first-order valence-electron chi connectivity index (χ1n) is 3.77. The van der Waals surface area contributed by atoms with E-state index >= 15 is 0 Å². The molecule has 0 radical (unpaired) electrons. The van der Waals surface area contributed by atoms with Gasteiger partial charge in [0.1, 0.15) is 0 Å². The van der Waals surface area contributed by atoms with Crippen molar-refractivity contribution in [1.29, 1.82) is 0 Å². The highest BCUT2D eigenvalue weighted by atomic mass is 79.9. The van der Waals surface area contributed by atoms with Gasteiger partial charge in [0.25, 0.3) is 0 Å². The van der Waals surface area contributed by atoms with Gasteiger partial charge in [-0.3, -0.25) is 0 Å². The van der Waals surface area contributed by atoms with Gasteiger partial charge >= 0.3 is 5.97 Å². The molecule has 1 aromatic rings. The maximum Gasteiger partial charge on any atom is 0.336 e. The Hall–Kier alpha value is -1.09. The number of carboxylic acid groups (broad SMARTS) is 1. The molecule has 1 aromatic carbocycles. The number of allylic oxidation sites excluding steroid dienone is 1. The van der Waals surface area contributed by atoms with Crippen molar-refractivity contribution < 1.29 is 9.90 Å². The number of hydrogen-bond donors (Lipinski definition) is 1. The highest BCUT2D eigenvalue weighted by molar-refractivity contribution is 9.10. The van der Waals surface area contributed by atoms with Crippen LogP contribution in [-0.2, 0) is 6.42 Å². The summed E-state index contributed by atoms with van der Waals surface area (Å²) in [4.78, 5) is 10.6. The zero-order valence-corrected chi connectivity index (χ0v) is 8.54. The van der Waals surface area contributed by atoms with Gasteiger partial charge in [0.05, 0.1) is 5.56 Å². The third kappa shape index (κ3) is 2.42. The van der Waals surface area contributed by atoms with E-state index in [-0.39, 0.29) is 5.56 Å². The molecule has 0 saturated heterocycles. The van der Waals surface area contributed by atoms with Gasteiger partial charge in [-0.1, -0.05) is 12.1 Å². The molecule has 1 N–H and O–H groups in total. The van der Waals surface area contributed by atoms with Gasteiger partial charge in [0.2, 0.25) is 0 Å². The molecule has 13 heavy (non-hydrogen) atoms. The van der Waals surface area contributed by atoms with Gasteiger partial charge in [-0.05, 0) is 40.0 Å². The molecule has 0 aromatic heterocycles. The van der Waals surface area contributed by atoms with Crippen LogP contribution in [0.2, 0.25) is 0 Å². The van der Waals surface area contributed by atoms with Gasteiger partial charge in [0.15, 0.2) is 0 Å². The van der Waals surface area contributed by atoms with Crippen molar-refractivity contribution in [3.63, 3.8) is 0 Å².